The Balaban J connectivity index is 2.10. The summed E-state index contributed by atoms with van der Waals surface area (Å²) in [6.07, 6.45) is 1.51. The molecule has 1 amide bonds. The van der Waals surface area contributed by atoms with Gasteiger partial charge in [-0.05, 0) is 24.0 Å². The summed E-state index contributed by atoms with van der Waals surface area (Å²) in [6, 6.07) is 6.83. The Hall–Kier alpha value is -1.88. The molecule has 2 rings (SSSR count). The third-order valence-electron chi connectivity index (χ3n) is 3.54. The number of nitrogens with zero attached hydrogens (tertiary/aromatic N) is 1. The highest BCUT2D eigenvalue weighted by atomic mass is 16.4. The van der Waals surface area contributed by atoms with E-state index in [1.807, 2.05) is 24.3 Å². The van der Waals surface area contributed by atoms with E-state index in [1.165, 1.54) is 4.90 Å². The van der Waals surface area contributed by atoms with E-state index in [4.69, 9.17) is 10.8 Å². The number of carboxylic acid groups (broad SMARTS) is 1. The zero-order chi connectivity index (χ0) is 13.8. The fraction of sp³-hybridized carbons (Fsp3) is 0.429. The van der Waals surface area contributed by atoms with Crippen LogP contribution in [0, 0.1) is 0 Å². The van der Waals surface area contributed by atoms with Gasteiger partial charge in [-0.2, -0.15) is 0 Å². The number of carbonyl (C=O) groups excluding carboxylic acids is 1. The Labute approximate surface area is 112 Å². The van der Waals surface area contributed by atoms with Crippen molar-refractivity contribution in [2.45, 2.75) is 31.8 Å². The molecule has 0 aliphatic carbocycles. The number of benzene rings is 1. The van der Waals surface area contributed by atoms with Crippen LogP contribution in [-0.2, 0) is 22.6 Å². The van der Waals surface area contributed by atoms with Crippen LogP contribution < -0.4 is 5.73 Å². The minimum absolute atomic E-state index is 0.134. The molecule has 5 nitrogen and oxygen atoms in total. The number of nitrogens with two attached hydrogens (primary N) is 1. The zero-order valence-corrected chi connectivity index (χ0v) is 10.7. The standard InChI is InChI=1S/C14H18N2O3/c15-9-11-5-2-1-4-10(11)8-13(17)16-7-3-6-12(16)14(18)19/h1-2,4-5,12H,3,6-9,15H2,(H,18,19). The molecule has 0 aromatic heterocycles. The molecule has 0 spiro atoms. The van der Waals surface area contributed by atoms with Gasteiger partial charge in [-0.25, -0.2) is 4.79 Å². The van der Waals surface area contributed by atoms with Crippen LogP contribution in [0.4, 0.5) is 0 Å². The number of hydrogen-bond acceptors (Lipinski definition) is 3. The lowest BCUT2D eigenvalue weighted by Crippen LogP contribution is -2.41. The summed E-state index contributed by atoms with van der Waals surface area (Å²) in [5.41, 5.74) is 7.45. The summed E-state index contributed by atoms with van der Waals surface area (Å²) >= 11 is 0. The van der Waals surface area contributed by atoms with Crippen molar-refractivity contribution in [2.75, 3.05) is 6.54 Å². The smallest absolute Gasteiger partial charge is 0.326 e. The Bertz CT molecular complexity index is 487. The van der Waals surface area contributed by atoms with Gasteiger partial charge in [0, 0.05) is 13.1 Å². The van der Waals surface area contributed by atoms with E-state index in [1.54, 1.807) is 0 Å². The van der Waals surface area contributed by atoms with E-state index in [0.29, 0.717) is 19.5 Å². The van der Waals surface area contributed by atoms with Crippen LogP contribution in [-0.4, -0.2) is 34.5 Å². The second-order valence-corrected chi connectivity index (χ2v) is 4.73. The number of rotatable bonds is 4. The summed E-state index contributed by atoms with van der Waals surface area (Å²) in [7, 11) is 0. The van der Waals surface area contributed by atoms with Gasteiger partial charge in [0.05, 0.1) is 6.42 Å². The molecular weight excluding hydrogens is 244 g/mol. The van der Waals surface area contributed by atoms with Crippen LogP contribution in [0.15, 0.2) is 24.3 Å². The Morgan fingerprint density at radius 2 is 2.00 bits per heavy atom. The molecule has 1 aliphatic heterocycles. The van der Waals surface area contributed by atoms with Crippen LogP contribution in [0.3, 0.4) is 0 Å². The zero-order valence-electron chi connectivity index (χ0n) is 10.7. The van der Waals surface area contributed by atoms with Crippen molar-refractivity contribution in [3.63, 3.8) is 0 Å². The molecule has 1 aromatic carbocycles. The molecule has 1 unspecified atom stereocenters. The average Bonchev–Trinajstić information content (AvgIpc) is 2.88. The van der Waals surface area contributed by atoms with Gasteiger partial charge in [-0.3, -0.25) is 4.79 Å². The first-order valence-corrected chi connectivity index (χ1v) is 6.42. The van der Waals surface area contributed by atoms with E-state index in [-0.39, 0.29) is 12.3 Å². The molecule has 0 bridgehead atoms. The predicted octanol–water partition coefficient (Wildman–Crippen LogP) is 0.763. The normalized spacial score (nSPS) is 18.6. The molecule has 3 N–H and O–H groups in total. The summed E-state index contributed by atoms with van der Waals surface area (Å²) in [6.45, 7) is 0.909. The minimum atomic E-state index is -0.919. The molecular formula is C14H18N2O3. The van der Waals surface area contributed by atoms with Crippen molar-refractivity contribution in [1.29, 1.82) is 0 Å². The van der Waals surface area contributed by atoms with Crippen LogP contribution >= 0.6 is 0 Å². The lowest BCUT2D eigenvalue weighted by molar-refractivity contribution is -0.148. The van der Waals surface area contributed by atoms with E-state index in [0.717, 1.165) is 17.5 Å². The quantitative estimate of drug-likeness (QED) is 0.839. The summed E-state index contributed by atoms with van der Waals surface area (Å²) < 4.78 is 0. The highest BCUT2D eigenvalue weighted by molar-refractivity contribution is 5.85. The van der Waals surface area contributed by atoms with Crippen LogP contribution in [0.25, 0.3) is 0 Å². The van der Waals surface area contributed by atoms with E-state index < -0.39 is 12.0 Å². The molecule has 102 valence electrons. The van der Waals surface area contributed by atoms with E-state index in [2.05, 4.69) is 0 Å². The number of carboxylic acids is 1. The van der Waals surface area contributed by atoms with Gasteiger partial charge < -0.3 is 15.7 Å². The van der Waals surface area contributed by atoms with Gasteiger partial charge in [0.15, 0.2) is 0 Å². The maximum atomic E-state index is 12.2. The summed E-state index contributed by atoms with van der Waals surface area (Å²) in [4.78, 5) is 24.8. The lowest BCUT2D eigenvalue weighted by Gasteiger charge is -2.22. The van der Waals surface area contributed by atoms with Gasteiger partial charge in [0.25, 0.3) is 0 Å². The SMILES string of the molecule is NCc1ccccc1CC(=O)N1CCCC1C(=O)O. The number of carbonyl (C=O) groups is 2. The van der Waals surface area contributed by atoms with Crippen molar-refractivity contribution in [3.8, 4) is 0 Å². The molecule has 1 aromatic rings. The lowest BCUT2D eigenvalue weighted by atomic mass is 10.0. The molecule has 1 aliphatic rings. The average molecular weight is 262 g/mol. The largest absolute Gasteiger partial charge is 0.480 e. The van der Waals surface area contributed by atoms with Crippen molar-refractivity contribution in [2.24, 2.45) is 5.73 Å². The molecule has 0 saturated carbocycles. The van der Waals surface area contributed by atoms with Crippen LogP contribution in [0.5, 0.6) is 0 Å². The van der Waals surface area contributed by atoms with Crippen LogP contribution in [0.2, 0.25) is 0 Å². The molecule has 1 saturated heterocycles. The second-order valence-electron chi connectivity index (χ2n) is 4.73. The Kier molecular flexibility index (Phi) is 4.16. The first-order chi connectivity index (χ1) is 9.13. The van der Waals surface area contributed by atoms with Crippen molar-refractivity contribution < 1.29 is 14.7 Å². The minimum Gasteiger partial charge on any atom is -0.480 e. The van der Waals surface area contributed by atoms with E-state index >= 15 is 0 Å². The number of hydrogen-bond donors (Lipinski definition) is 2. The van der Waals surface area contributed by atoms with Gasteiger partial charge in [0.2, 0.25) is 5.91 Å². The predicted molar refractivity (Wildman–Crippen MR) is 70.4 cm³/mol. The van der Waals surface area contributed by atoms with Crippen molar-refractivity contribution in [1.82, 2.24) is 4.90 Å². The summed E-state index contributed by atoms with van der Waals surface area (Å²) in [5.74, 6) is -1.05. The summed E-state index contributed by atoms with van der Waals surface area (Å²) in [5, 5.41) is 9.09. The number of likely N-dealkylation sites (tertiary alicyclic amines) is 1. The molecule has 1 heterocycles. The highest BCUT2D eigenvalue weighted by Gasteiger charge is 2.33. The second kappa shape index (κ2) is 5.84. The molecule has 19 heavy (non-hydrogen) atoms. The monoisotopic (exact) mass is 262 g/mol. The Morgan fingerprint density at radius 3 is 2.63 bits per heavy atom. The van der Waals surface area contributed by atoms with Gasteiger partial charge >= 0.3 is 5.97 Å². The third kappa shape index (κ3) is 2.93. The van der Waals surface area contributed by atoms with E-state index in [9.17, 15) is 9.59 Å². The van der Waals surface area contributed by atoms with Gasteiger partial charge in [-0.15, -0.1) is 0 Å². The number of aliphatic carboxylic acids is 1. The topological polar surface area (TPSA) is 83.6 Å². The highest BCUT2D eigenvalue weighted by Crippen LogP contribution is 2.19. The number of amides is 1. The van der Waals surface area contributed by atoms with Crippen molar-refractivity contribution >= 4 is 11.9 Å². The molecule has 1 atom stereocenters. The first kappa shape index (κ1) is 13.5. The third-order valence-corrected chi connectivity index (χ3v) is 3.54. The van der Waals surface area contributed by atoms with Crippen molar-refractivity contribution in [3.05, 3.63) is 35.4 Å². The fourth-order valence-electron chi connectivity index (χ4n) is 2.52. The van der Waals surface area contributed by atoms with Gasteiger partial charge in [0.1, 0.15) is 6.04 Å². The molecule has 0 radical (unpaired) electrons. The molecule has 5 heteroatoms. The fourth-order valence-corrected chi connectivity index (χ4v) is 2.52. The first-order valence-electron chi connectivity index (χ1n) is 6.42. The maximum Gasteiger partial charge on any atom is 0.326 e. The Morgan fingerprint density at radius 1 is 1.32 bits per heavy atom. The van der Waals surface area contributed by atoms with Crippen LogP contribution in [0.1, 0.15) is 24.0 Å². The molecule has 1 fully saturated rings. The van der Waals surface area contributed by atoms with Gasteiger partial charge in [-0.1, -0.05) is 24.3 Å². The maximum absolute atomic E-state index is 12.2.